The summed E-state index contributed by atoms with van der Waals surface area (Å²) in [7, 11) is 0. The van der Waals surface area contributed by atoms with Crippen LogP contribution in [0.25, 0.3) is 0 Å². The van der Waals surface area contributed by atoms with Crippen LogP contribution in [0.2, 0.25) is 0 Å². The van der Waals surface area contributed by atoms with Gasteiger partial charge in [-0.25, -0.2) is 4.98 Å². The van der Waals surface area contributed by atoms with Crippen LogP contribution >= 0.6 is 0 Å². The molecule has 0 aromatic carbocycles. The molecule has 1 aromatic heterocycles. The lowest BCUT2D eigenvalue weighted by Crippen LogP contribution is -2.42. The van der Waals surface area contributed by atoms with Crippen LogP contribution in [-0.4, -0.2) is 34.2 Å². The predicted octanol–water partition coefficient (Wildman–Crippen LogP) is 1.05. The predicted molar refractivity (Wildman–Crippen MR) is 70.7 cm³/mol. The van der Waals surface area contributed by atoms with Gasteiger partial charge in [0.1, 0.15) is 5.82 Å². The fourth-order valence-corrected chi connectivity index (χ4v) is 2.86. The Morgan fingerprint density at radius 2 is 2.47 bits per heavy atom. The van der Waals surface area contributed by atoms with E-state index >= 15 is 0 Å². The number of nitrogens with zero attached hydrogens (tertiary/aromatic N) is 2. The minimum Gasteiger partial charge on any atom is -0.378 e. The van der Waals surface area contributed by atoms with Gasteiger partial charge in [-0.1, -0.05) is 0 Å². The molecule has 0 saturated heterocycles. The molecule has 1 aromatic rings. The molecular weight excluding hydrogens is 242 g/mol. The minimum absolute atomic E-state index is 0.0749. The van der Waals surface area contributed by atoms with Crippen molar-refractivity contribution in [2.75, 3.05) is 6.61 Å². The molecule has 1 N–H and O–H groups in total. The maximum atomic E-state index is 12.1. The van der Waals surface area contributed by atoms with E-state index in [0.717, 1.165) is 37.3 Å². The normalized spacial score (nSPS) is 28.8. The van der Waals surface area contributed by atoms with E-state index in [4.69, 9.17) is 4.74 Å². The van der Waals surface area contributed by atoms with Gasteiger partial charge in [0.05, 0.1) is 17.7 Å². The lowest BCUT2D eigenvalue weighted by atomic mass is 10.1. The molecule has 3 rings (SSSR count). The number of imidazole rings is 1. The van der Waals surface area contributed by atoms with E-state index < -0.39 is 0 Å². The molecule has 0 unspecified atom stereocenters. The Labute approximate surface area is 113 Å². The summed E-state index contributed by atoms with van der Waals surface area (Å²) in [5, 5.41) is 3.15. The van der Waals surface area contributed by atoms with E-state index in [2.05, 4.69) is 21.1 Å². The number of ether oxygens (including phenoxy) is 1. The van der Waals surface area contributed by atoms with Gasteiger partial charge in [-0.2, -0.15) is 0 Å². The molecule has 0 bridgehead atoms. The lowest BCUT2D eigenvalue weighted by Gasteiger charge is -2.24. The van der Waals surface area contributed by atoms with Crippen molar-refractivity contribution in [3.05, 3.63) is 17.7 Å². The third kappa shape index (κ3) is 2.66. The average molecular weight is 263 g/mol. The number of rotatable bonds is 4. The van der Waals surface area contributed by atoms with Crippen LogP contribution in [0.3, 0.4) is 0 Å². The number of aromatic nitrogens is 2. The maximum absolute atomic E-state index is 12.1. The summed E-state index contributed by atoms with van der Waals surface area (Å²) in [5.74, 6) is 1.37. The lowest BCUT2D eigenvalue weighted by molar-refractivity contribution is -0.124. The van der Waals surface area contributed by atoms with Crippen molar-refractivity contribution >= 4 is 5.91 Å². The van der Waals surface area contributed by atoms with Gasteiger partial charge < -0.3 is 14.6 Å². The van der Waals surface area contributed by atoms with E-state index in [0.29, 0.717) is 6.61 Å². The average Bonchev–Trinajstić information content (AvgIpc) is 3.03. The molecule has 2 heterocycles. The highest BCUT2D eigenvalue weighted by Crippen LogP contribution is 2.34. The molecule has 1 saturated carbocycles. The number of hydrogen-bond donors (Lipinski definition) is 1. The molecule has 1 fully saturated rings. The van der Waals surface area contributed by atoms with Gasteiger partial charge in [0, 0.05) is 31.8 Å². The topological polar surface area (TPSA) is 56.1 Å². The number of nitrogens with one attached hydrogen (secondary N) is 1. The molecular formula is C14H21N3O2. The summed E-state index contributed by atoms with van der Waals surface area (Å²) < 4.78 is 7.62. The quantitative estimate of drug-likeness (QED) is 0.883. The molecule has 3 atom stereocenters. The summed E-state index contributed by atoms with van der Waals surface area (Å²) in [6, 6.07) is 0.233. The van der Waals surface area contributed by atoms with E-state index in [9.17, 15) is 4.79 Å². The summed E-state index contributed by atoms with van der Waals surface area (Å²) in [6.07, 6.45) is 5.02. The van der Waals surface area contributed by atoms with E-state index in [1.54, 1.807) is 0 Å². The Bertz CT molecular complexity index is 483. The van der Waals surface area contributed by atoms with E-state index in [1.165, 1.54) is 0 Å². The number of aryl methyl sites for hydroxylation is 2. The molecule has 1 aliphatic carbocycles. The first-order valence-corrected chi connectivity index (χ1v) is 7.12. The first kappa shape index (κ1) is 12.7. The smallest absolute Gasteiger partial charge is 0.226 e. The van der Waals surface area contributed by atoms with Gasteiger partial charge in [-0.15, -0.1) is 0 Å². The van der Waals surface area contributed by atoms with Gasteiger partial charge in [-0.05, 0) is 26.7 Å². The first-order chi connectivity index (χ1) is 9.17. The Morgan fingerprint density at radius 1 is 1.63 bits per heavy atom. The second kappa shape index (κ2) is 4.96. The summed E-state index contributed by atoms with van der Waals surface area (Å²) in [6.45, 7) is 5.51. The summed E-state index contributed by atoms with van der Waals surface area (Å²) in [4.78, 5) is 16.5. The zero-order valence-electron chi connectivity index (χ0n) is 11.6. The van der Waals surface area contributed by atoms with Gasteiger partial charge in [0.15, 0.2) is 0 Å². The van der Waals surface area contributed by atoms with Crippen molar-refractivity contribution in [3.63, 3.8) is 0 Å². The standard InChI is InChI=1S/C14H21N3O2/c1-3-19-12-6-11(12)14(18)16-10-4-5-13-15-9(2)7-17(13)8-10/h7,10-12H,3-6,8H2,1-2H3,(H,16,18)/t10-,11-,12+/m0/s1. The largest absolute Gasteiger partial charge is 0.378 e. The van der Waals surface area contributed by atoms with Gasteiger partial charge in [0.2, 0.25) is 5.91 Å². The zero-order valence-corrected chi connectivity index (χ0v) is 11.6. The Morgan fingerprint density at radius 3 is 3.26 bits per heavy atom. The highest BCUT2D eigenvalue weighted by Gasteiger charge is 2.44. The zero-order chi connectivity index (χ0) is 13.4. The molecule has 1 aliphatic heterocycles. The summed E-state index contributed by atoms with van der Waals surface area (Å²) in [5.41, 5.74) is 1.06. The van der Waals surface area contributed by atoms with Crippen LogP contribution in [0.1, 0.15) is 31.3 Å². The molecule has 19 heavy (non-hydrogen) atoms. The van der Waals surface area contributed by atoms with Crippen molar-refractivity contribution in [1.82, 2.24) is 14.9 Å². The van der Waals surface area contributed by atoms with Crippen LogP contribution in [0.15, 0.2) is 6.20 Å². The number of fused-ring (bicyclic) bond motifs is 1. The van der Waals surface area contributed by atoms with Crippen molar-refractivity contribution in [1.29, 1.82) is 0 Å². The Hall–Kier alpha value is -1.36. The first-order valence-electron chi connectivity index (χ1n) is 7.12. The molecule has 1 amide bonds. The number of hydrogen-bond acceptors (Lipinski definition) is 3. The molecule has 5 nitrogen and oxygen atoms in total. The highest BCUT2D eigenvalue weighted by atomic mass is 16.5. The molecule has 0 spiro atoms. The number of amides is 1. The van der Waals surface area contributed by atoms with Gasteiger partial charge in [0.25, 0.3) is 0 Å². The monoisotopic (exact) mass is 263 g/mol. The van der Waals surface area contributed by atoms with E-state index in [-0.39, 0.29) is 24.0 Å². The highest BCUT2D eigenvalue weighted by molar-refractivity contribution is 5.82. The van der Waals surface area contributed by atoms with Crippen LogP contribution < -0.4 is 5.32 Å². The Kier molecular flexibility index (Phi) is 3.31. The van der Waals surface area contributed by atoms with Gasteiger partial charge >= 0.3 is 0 Å². The minimum atomic E-state index is 0.0749. The van der Waals surface area contributed by atoms with Crippen molar-refractivity contribution < 1.29 is 9.53 Å². The van der Waals surface area contributed by atoms with Crippen molar-refractivity contribution in [3.8, 4) is 0 Å². The van der Waals surface area contributed by atoms with Crippen LogP contribution in [-0.2, 0) is 22.5 Å². The third-order valence-corrected chi connectivity index (χ3v) is 3.91. The van der Waals surface area contributed by atoms with Crippen molar-refractivity contribution in [2.45, 2.75) is 51.8 Å². The van der Waals surface area contributed by atoms with E-state index in [1.807, 2.05) is 13.8 Å². The molecule has 2 aliphatic rings. The molecule has 5 heteroatoms. The van der Waals surface area contributed by atoms with Crippen LogP contribution in [0.4, 0.5) is 0 Å². The number of carbonyl (C=O) groups excluding carboxylic acids is 1. The maximum Gasteiger partial charge on any atom is 0.226 e. The molecule has 0 radical (unpaired) electrons. The second-order valence-electron chi connectivity index (χ2n) is 5.53. The van der Waals surface area contributed by atoms with Crippen molar-refractivity contribution in [2.24, 2.45) is 5.92 Å². The number of carbonyl (C=O) groups is 1. The fraction of sp³-hybridized carbons (Fsp3) is 0.714. The third-order valence-electron chi connectivity index (χ3n) is 3.91. The SMILES string of the molecule is CCO[C@@H]1C[C@@H]1C(=O)N[C@H]1CCc2nc(C)cn2C1. The summed E-state index contributed by atoms with van der Waals surface area (Å²) >= 11 is 0. The fourth-order valence-electron chi connectivity index (χ4n) is 2.86. The van der Waals surface area contributed by atoms with Crippen LogP contribution in [0.5, 0.6) is 0 Å². The van der Waals surface area contributed by atoms with Gasteiger partial charge in [-0.3, -0.25) is 4.79 Å². The Balaban J connectivity index is 1.53. The molecule has 104 valence electrons. The van der Waals surface area contributed by atoms with Crippen LogP contribution in [0, 0.1) is 12.8 Å². The second-order valence-corrected chi connectivity index (χ2v) is 5.53.